The molecule has 0 aromatic carbocycles. The average molecular weight is 135 g/mol. The number of hydrogen-bond acceptors (Lipinski definition) is 3. The second-order valence-corrected chi connectivity index (χ2v) is 1.85. The van der Waals surface area contributed by atoms with Crippen LogP contribution in [0.1, 0.15) is 0 Å². The molecule has 0 bridgehead atoms. The minimum absolute atomic E-state index is 0.730. The summed E-state index contributed by atoms with van der Waals surface area (Å²) in [6, 6.07) is 1.82. The van der Waals surface area contributed by atoms with Crippen molar-refractivity contribution in [3.05, 3.63) is 24.9 Å². The Balaban J connectivity index is 2.48. The van der Waals surface area contributed by atoms with Gasteiger partial charge in [0.2, 0.25) is 0 Å². The summed E-state index contributed by atoms with van der Waals surface area (Å²) in [5, 5.41) is 6.42. The Morgan fingerprint density at radius 2 is 2.50 bits per heavy atom. The van der Waals surface area contributed by atoms with Gasteiger partial charge in [0.1, 0.15) is 12.6 Å². The third kappa shape index (κ3) is 0.699. The van der Waals surface area contributed by atoms with E-state index in [-0.39, 0.29) is 0 Å². The summed E-state index contributed by atoms with van der Waals surface area (Å²) in [6.07, 6.45) is 4.67. The van der Waals surface area contributed by atoms with Crippen molar-refractivity contribution in [2.45, 2.75) is 0 Å². The minimum atomic E-state index is 0.730. The number of furan rings is 1. The van der Waals surface area contributed by atoms with E-state index in [1.54, 1.807) is 12.5 Å². The van der Waals surface area contributed by atoms with Crippen molar-refractivity contribution in [3.63, 3.8) is 0 Å². The van der Waals surface area contributed by atoms with Crippen LogP contribution >= 0.6 is 0 Å². The zero-order chi connectivity index (χ0) is 6.81. The molecule has 2 heterocycles. The summed E-state index contributed by atoms with van der Waals surface area (Å²) in [5.41, 5.74) is 0.914. The van der Waals surface area contributed by atoms with Gasteiger partial charge in [-0.3, -0.25) is 5.10 Å². The molecule has 0 aliphatic heterocycles. The second-order valence-electron chi connectivity index (χ2n) is 1.85. The molecule has 0 saturated heterocycles. The molecule has 0 unspecified atom stereocenters. The minimum Gasteiger partial charge on any atom is -0.472 e. The largest absolute Gasteiger partial charge is 0.472 e. The standard InChI is InChI=1S/C6H5N3O/c1-2-10-3-5(1)6-7-4-8-9-6/h1-4H,(H,7,8,9). The summed E-state index contributed by atoms with van der Waals surface area (Å²) in [6.45, 7) is 0. The summed E-state index contributed by atoms with van der Waals surface area (Å²) in [5.74, 6) is 0.730. The van der Waals surface area contributed by atoms with Crippen molar-refractivity contribution < 1.29 is 4.42 Å². The Kier molecular flexibility index (Phi) is 1.04. The number of nitrogens with zero attached hydrogens (tertiary/aromatic N) is 2. The SMILES string of the molecule is c1n[nH]c(-c2ccoc2)n1. The van der Waals surface area contributed by atoms with Gasteiger partial charge in [-0.15, -0.1) is 0 Å². The maximum absolute atomic E-state index is 4.85. The third-order valence-corrected chi connectivity index (χ3v) is 1.21. The lowest BCUT2D eigenvalue weighted by molar-refractivity contribution is 0.568. The molecule has 0 aliphatic carbocycles. The highest BCUT2D eigenvalue weighted by atomic mass is 16.3. The van der Waals surface area contributed by atoms with E-state index in [1.165, 1.54) is 6.33 Å². The first kappa shape index (κ1) is 5.22. The highest BCUT2D eigenvalue weighted by Crippen LogP contribution is 2.12. The van der Waals surface area contributed by atoms with Gasteiger partial charge in [0.15, 0.2) is 5.82 Å². The van der Waals surface area contributed by atoms with Crippen LogP contribution in [0.3, 0.4) is 0 Å². The fourth-order valence-corrected chi connectivity index (χ4v) is 0.744. The number of hydrogen-bond donors (Lipinski definition) is 1. The molecule has 2 rings (SSSR count). The molecule has 0 spiro atoms. The van der Waals surface area contributed by atoms with Gasteiger partial charge in [-0.05, 0) is 6.07 Å². The van der Waals surface area contributed by atoms with E-state index in [2.05, 4.69) is 15.2 Å². The van der Waals surface area contributed by atoms with Crippen LogP contribution in [-0.4, -0.2) is 15.2 Å². The van der Waals surface area contributed by atoms with Gasteiger partial charge in [-0.1, -0.05) is 0 Å². The maximum Gasteiger partial charge on any atom is 0.158 e. The molecular formula is C6H5N3O. The van der Waals surface area contributed by atoms with Crippen molar-refractivity contribution in [1.29, 1.82) is 0 Å². The first-order chi connectivity index (χ1) is 4.97. The predicted molar refractivity (Wildman–Crippen MR) is 34.1 cm³/mol. The van der Waals surface area contributed by atoms with Gasteiger partial charge in [0.05, 0.1) is 11.8 Å². The first-order valence-electron chi connectivity index (χ1n) is 2.85. The number of nitrogens with one attached hydrogen (secondary N) is 1. The Bertz CT molecular complexity index is 252. The molecule has 10 heavy (non-hydrogen) atoms. The molecule has 0 amide bonds. The lowest BCUT2D eigenvalue weighted by atomic mass is 10.3. The van der Waals surface area contributed by atoms with Gasteiger partial charge in [-0.25, -0.2) is 4.98 Å². The molecule has 0 aliphatic rings. The Morgan fingerprint density at radius 3 is 3.10 bits per heavy atom. The van der Waals surface area contributed by atoms with Crippen LogP contribution in [0.25, 0.3) is 11.4 Å². The summed E-state index contributed by atoms with van der Waals surface area (Å²) in [7, 11) is 0. The van der Waals surface area contributed by atoms with Crippen molar-refractivity contribution in [1.82, 2.24) is 15.2 Å². The van der Waals surface area contributed by atoms with Gasteiger partial charge in [-0.2, -0.15) is 5.10 Å². The first-order valence-corrected chi connectivity index (χ1v) is 2.85. The highest BCUT2D eigenvalue weighted by molar-refractivity contribution is 5.51. The topological polar surface area (TPSA) is 54.7 Å². The molecule has 4 heteroatoms. The van der Waals surface area contributed by atoms with E-state index >= 15 is 0 Å². The monoisotopic (exact) mass is 135 g/mol. The maximum atomic E-state index is 4.85. The Hall–Kier alpha value is -1.58. The summed E-state index contributed by atoms with van der Waals surface area (Å²) in [4.78, 5) is 3.93. The number of aromatic nitrogens is 3. The molecule has 0 radical (unpaired) electrons. The molecule has 0 fully saturated rings. The second kappa shape index (κ2) is 1.98. The van der Waals surface area contributed by atoms with Crippen LogP contribution in [0, 0.1) is 0 Å². The van der Waals surface area contributed by atoms with Crippen molar-refractivity contribution in [2.24, 2.45) is 0 Å². The van der Waals surface area contributed by atoms with E-state index in [1.807, 2.05) is 6.07 Å². The van der Waals surface area contributed by atoms with Crippen LogP contribution < -0.4 is 0 Å². The molecule has 1 N–H and O–H groups in total. The number of aromatic amines is 1. The molecule has 2 aromatic heterocycles. The van der Waals surface area contributed by atoms with E-state index in [9.17, 15) is 0 Å². The average Bonchev–Trinajstić information content (AvgIpc) is 2.59. The quantitative estimate of drug-likeness (QED) is 0.636. The smallest absolute Gasteiger partial charge is 0.158 e. The van der Waals surface area contributed by atoms with Crippen LogP contribution in [0.5, 0.6) is 0 Å². The molecule has 4 nitrogen and oxygen atoms in total. The molecule has 50 valence electrons. The van der Waals surface area contributed by atoms with Gasteiger partial charge < -0.3 is 4.42 Å². The van der Waals surface area contributed by atoms with Gasteiger partial charge in [0.25, 0.3) is 0 Å². The zero-order valence-electron chi connectivity index (χ0n) is 5.11. The van der Waals surface area contributed by atoms with Crippen LogP contribution in [0.15, 0.2) is 29.3 Å². The summed E-state index contributed by atoms with van der Waals surface area (Å²) < 4.78 is 4.85. The van der Waals surface area contributed by atoms with Crippen LogP contribution in [-0.2, 0) is 0 Å². The molecular weight excluding hydrogens is 130 g/mol. The van der Waals surface area contributed by atoms with E-state index in [4.69, 9.17) is 4.42 Å². The van der Waals surface area contributed by atoms with Crippen molar-refractivity contribution in [3.8, 4) is 11.4 Å². The van der Waals surface area contributed by atoms with E-state index in [0.717, 1.165) is 11.4 Å². The Labute approximate surface area is 56.9 Å². The predicted octanol–water partition coefficient (Wildman–Crippen LogP) is 1.06. The number of rotatable bonds is 1. The van der Waals surface area contributed by atoms with Gasteiger partial charge >= 0.3 is 0 Å². The zero-order valence-corrected chi connectivity index (χ0v) is 5.11. The van der Waals surface area contributed by atoms with Crippen molar-refractivity contribution >= 4 is 0 Å². The van der Waals surface area contributed by atoms with Crippen LogP contribution in [0.4, 0.5) is 0 Å². The fourth-order valence-electron chi connectivity index (χ4n) is 0.744. The molecule has 2 aromatic rings. The Morgan fingerprint density at radius 1 is 1.50 bits per heavy atom. The van der Waals surface area contributed by atoms with E-state index < -0.39 is 0 Å². The highest BCUT2D eigenvalue weighted by Gasteiger charge is 1.98. The fraction of sp³-hybridized carbons (Fsp3) is 0. The third-order valence-electron chi connectivity index (χ3n) is 1.21. The lowest BCUT2D eigenvalue weighted by Crippen LogP contribution is -1.74. The van der Waals surface area contributed by atoms with E-state index in [0.29, 0.717) is 0 Å². The number of H-pyrrole nitrogens is 1. The van der Waals surface area contributed by atoms with Crippen molar-refractivity contribution in [2.75, 3.05) is 0 Å². The van der Waals surface area contributed by atoms with Crippen LogP contribution in [0.2, 0.25) is 0 Å². The normalized spacial score (nSPS) is 10.0. The molecule has 0 atom stereocenters. The lowest BCUT2D eigenvalue weighted by Gasteiger charge is -1.82. The summed E-state index contributed by atoms with van der Waals surface area (Å²) >= 11 is 0. The molecule has 0 saturated carbocycles. The van der Waals surface area contributed by atoms with Gasteiger partial charge in [0, 0.05) is 0 Å².